The molecule has 1 aromatic rings. The second-order valence-corrected chi connectivity index (χ2v) is 7.45. The van der Waals surface area contributed by atoms with Crippen molar-refractivity contribution in [3.05, 3.63) is 35.9 Å². The van der Waals surface area contributed by atoms with E-state index in [-0.39, 0.29) is 0 Å². The van der Waals surface area contributed by atoms with Gasteiger partial charge in [0.2, 0.25) is 0 Å². The summed E-state index contributed by atoms with van der Waals surface area (Å²) in [4.78, 5) is 2.80. The molecule has 1 saturated heterocycles. The Bertz CT molecular complexity index is 472. The molecule has 5 unspecified atom stereocenters. The van der Waals surface area contributed by atoms with Crippen molar-refractivity contribution < 1.29 is 0 Å². The fourth-order valence-electron chi connectivity index (χ4n) is 5.32. The summed E-state index contributed by atoms with van der Waals surface area (Å²) in [5, 5.41) is 3.60. The van der Waals surface area contributed by atoms with Crippen LogP contribution in [0.25, 0.3) is 0 Å². The fraction of sp³-hybridized carbons (Fsp3) is 0.684. The summed E-state index contributed by atoms with van der Waals surface area (Å²) in [6.45, 7) is 5.96. The Hall–Kier alpha value is -0.860. The summed E-state index contributed by atoms with van der Waals surface area (Å²) in [6.07, 6.45) is 6.04. The Balaban J connectivity index is 1.54. The van der Waals surface area contributed by atoms with Gasteiger partial charge in [0.05, 0.1) is 0 Å². The number of fused-ring (bicyclic) bond motifs is 2. The molecule has 0 radical (unpaired) electrons. The summed E-state index contributed by atoms with van der Waals surface area (Å²) in [6, 6.07) is 12.4. The van der Waals surface area contributed by atoms with Gasteiger partial charge >= 0.3 is 0 Å². The molecule has 0 aromatic heterocycles. The van der Waals surface area contributed by atoms with Crippen LogP contribution in [-0.4, -0.2) is 30.6 Å². The Kier molecular flexibility index (Phi) is 3.76. The van der Waals surface area contributed by atoms with E-state index in [4.69, 9.17) is 0 Å². The summed E-state index contributed by atoms with van der Waals surface area (Å²) in [7, 11) is 0. The predicted molar refractivity (Wildman–Crippen MR) is 87.2 cm³/mol. The van der Waals surface area contributed by atoms with Crippen molar-refractivity contribution in [2.45, 2.75) is 44.7 Å². The van der Waals surface area contributed by atoms with Gasteiger partial charge in [0.1, 0.15) is 0 Å². The molecule has 4 rings (SSSR count). The van der Waals surface area contributed by atoms with Gasteiger partial charge in [-0.1, -0.05) is 36.8 Å². The van der Waals surface area contributed by atoms with Gasteiger partial charge < -0.3 is 5.32 Å². The maximum atomic E-state index is 3.60. The van der Waals surface area contributed by atoms with Crippen LogP contribution in [0.4, 0.5) is 0 Å². The molecule has 3 aliphatic rings. The van der Waals surface area contributed by atoms with E-state index in [0.717, 1.165) is 36.9 Å². The first-order chi connectivity index (χ1) is 10.3. The van der Waals surface area contributed by atoms with Gasteiger partial charge in [-0.05, 0) is 49.5 Å². The van der Waals surface area contributed by atoms with Crippen molar-refractivity contribution in [2.75, 3.05) is 19.6 Å². The van der Waals surface area contributed by atoms with Crippen LogP contribution in [0.2, 0.25) is 0 Å². The molecule has 1 aromatic carbocycles. The number of nitrogens with one attached hydrogen (secondary N) is 1. The fourth-order valence-corrected chi connectivity index (χ4v) is 5.32. The van der Waals surface area contributed by atoms with Crippen LogP contribution in [0.5, 0.6) is 0 Å². The molecule has 5 atom stereocenters. The maximum Gasteiger partial charge on any atom is 0.0476 e. The number of hydrogen-bond acceptors (Lipinski definition) is 2. The largest absolute Gasteiger partial charge is 0.314 e. The zero-order valence-electron chi connectivity index (χ0n) is 13.2. The summed E-state index contributed by atoms with van der Waals surface area (Å²) < 4.78 is 0. The molecule has 1 heterocycles. The van der Waals surface area contributed by atoms with Crippen molar-refractivity contribution in [1.82, 2.24) is 10.2 Å². The first-order valence-corrected chi connectivity index (χ1v) is 8.84. The second-order valence-electron chi connectivity index (χ2n) is 7.45. The molecule has 2 nitrogen and oxygen atoms in total. The highest BCUT2D eigenvalue weighted by atomic mass is 15.2. The Labute approximate surface area is 128 Å². The van der Waals surface area contributed by atoms with Gasteiger partial charge in [0.25, 0.3) is 0 Å². The quantitative estimate of drug-likeness (QED) is 0.914. The SMILES string of the molecule is CC(C1CC2CCC1C2)N1CCNCC1c1ccccc1. The van der Waals surface area contributed by atoms with Gasteiger partial charge in [-0.15, -0.1) is 0 Å². The second kappa shape index (κ2) is 5.73. The zero-order valence-corrected chi connectivity index (χ0v) is 13.2. The third-order valence-corrected chi connectivity index (χ3v) is 6.40. The van der Waals surface area contributed by atoms with Crippen LogP contribution in [0.3, 0.4) is 0 Å². The molecule has 1 N–H and O–H groups in total. The summed E-state index contributed by atoms with van der Waals surface area (Å²) in [5.41, 5.74) is 1.49. The van der Waals surface area contributed by atoms with Gasteiger partial charge in [-0.25, -0.2) is 0 Å². The molecule has 1 aliphatic heterocycles. The topological polar surface area (TPSA) is 15.3 Å². The normalized spacial score (nSPS) is 37.8. The van der Waals surface area contributed by atoms with Crippen molar-refractivity contribution in [3.63, 3.8) is 0 Å². The van der Waals surface area contributed by atoms with Gasteiger partial charge in [-0.3, -0.25) is 4.90 Å². The lowest BCUT2D eigenvalue weighted by Gasteiger charge is -2.44. The van der Waals surface area contributed by atoms with Crippen molar-refractivity contribution in [2.24, 2.45) is 17.8 Å². The van der Waals surface area contributed by atoms with E-state index in [0.29, 0.717) is 6.04 Å². The van der Waals surface area contributed by atoms with Crippen LogP contribution in [-0.2, 0) is 0 Å². The molecular formula is C19H28N2. The van der Waals surface area contributed by atoms with Gasteiger partial charge in [0, 0.05) is 31.7 Å². The molecule has 2 bridgehead atoms. The smallest absolute Gasteiger partial charge is 0.0476 e. The Morgan fingerprint density at radius 1 is 1.14 bits per heavy atom. The molecule has 3 fully saturated rings. The monoisotopic (exact) mass is 284 g/mol. The summed E-state index contributed by atoms with van der Waals surface area (Å²) >= 11 is 0. The number of hydrogen-bond donors (Lipinski definition) is 1. The third-order valence-electron chi connectivity index (χ3n) is 6.40. The van der Waals surface area contributed by atoms with Crippen LogP contribution in [0, 0.1) is 17.8 Å². The molecule has 2 saturated carbocycles. The Morgan fingerprint density at radius 3 is 2.71 bits per heavy atom. The lowest BCUT2D eigenvalue weighted by molar-refractivity contribution is 0.0600. The maximum absolute atomic E-state index is 3.60. The van der Waals surface area contributed by atoms with Crippen LogP contribution in [0.15, 0.2) is 30.3 Å². The minimum absolute atomic E-state index is 0.564. The predicted octanol–water partition coefficient (Wildman–Crippen LogP) is 3.46. The average molecular weight is 284 g/mol. The molecule has 2 heteroatoms. The lowest BCUT2D eigenvalue weighted by atomic mass is 9.82. The van der Waals surface area contributed by atoms with E-state index in [9.17, 15) is 0 Å². The van der Waals surface area contributed by atoms with E-state index in [1.807, 2.05) is 0 Å². The van der Waals surface area contributed by atoms with Crippen molar-refractivity contribution in [3.8, 4) is 0 Å². The first-order valence-electron chi connectivity index (χ1n) is 8.84. The minimum Gasteiger partial charge on any atom is -0.314 e. The summed E-state index contributed by atoms with van der Waals surface area (Å²) in [5.74, 6) is 3.03. The van der Waals surface area contributed by atoms with Crippen LogP contribution in [0.1, 0.15) is 44.2 Å². The van der Waals surface area contributed by atoms with Crippen LogP contribution < -0.4 is 5.32 Å². The average Bonchev–Trinajstić information content (AvgIpc) is 3.18. The van der Waals surface area contributed by atoms with Gasteiger partial charge in [-0.2, -0.15) is 0 Å². The number of piperazine rings is 1. The highest BCUT2D eigenvalue weighted by molar-refractivity contribution is 5.20. The molecule has 114 valence electrons. The molecule has 0 amide bonds. The number of benzene rings is 1. The van der Waals surface area contributed by atoms with E-state index >= 15 is 0 Å². The number of nitrogens with zero attached hydrogens (tertiary/aromatic N) is 1. The lowest BCUT2D eigenvalue weighted by Crippen LogP contribution is -2.52. The van der Waals surface area contributed by atoms with E-state index in [1.165, 1.54) is 37.8 Å². The minimum atomic E-state index is 0.564. The molecule has 2 aliphatic carbocycles. The molecular weight excluding hydrogens is 256 g/mol. The zero-order chi connectivity index (χ0) is 14.2. The number of rotatable bonds is 3. The van der Waals surface area contributed by atoms with Gasteiger partial charge in [0.15, 0.2) is 0 Å². The highest BCUT2D eigenvalue weighted by Crippen LogP contribution is 2.51. The van der Waals surface area contributed by atoms with Crippen molar-refractivity contribution in [1.29, 1.82) is 0 Å². The van der Waals surface area contributed by atoms with E-state index in [1.54, 1.807) is 0 Å². The molecule has 0 spiro atoms. The van der Waals surface area contributed by atoms with E-state index < -0.39 is 0 Å². The first kappa shape index (κ1) is 13.8. The van der Waals surface area contributed by atoms with Crippen LogP contribution >= 0.6 is 0 Å². The third kappa shape index (κ3) is 2.53. The Morgan fingerprint density at radius 2 is 2.00 bits per heavy atom. The highest BCUT2D eigenvalue weighted by Gasteiger charge is 2.44. The molecule has 21 heavy (non-hydrogen) atoms. The van der Waals surface area contributed by atoms with Crippen molar-refractivity contribution >= 4 is 0 Å². The van der Waals surface area contributed by atoms with E-state index in [2.05, 4.69) is 47.5 Å². The standard InChI is InChI=1S/C19H28N2/c1-14(18-12-15-7-8-17(18)11-15)21-10-9-20-13-19(21)16-5-3-2-4-6-16/h2-6,14-15,17-20H,7-13H2,1H3.